The first-order valence-corrected chi connectivity index (χ1v) is 24.5. The second kappa shape index (κ2) is 17.1. The van der Waals surface area contributed by atoms with Crippen molar-refractivity contribution in [2.45, 2.75) is 210 Å². The van der Waals surface area contributed by atoms with Crippen molar-refractivity contribution in [2.75, 3.05) is 26.4 Å². The molecule has 0 aromatic heterocycles. The van der Waals surface area contributed by atoms with Crippen molar-refractivity contribution in [3.05, 3.63) is 12.2 Å². The van der Waals surface area contributed by atoms with Gasteiger partial charge in [-0.2, -0.15) is 0 Å². The molecule has 4 heterocycles. The molecule has 18 heteroatoms. The largest absolute Gasteiger partial charge is 0.396 e. The van der Waals surface area contributed by atoms with Gasteiger partial charge in [-0.1, -0.05) is 53.7 Å². The molecule has 4 saturated heterocycles. The summed E-state index contributed by atoms with van der Waals surface area (Å²) >= 11 is 0. The van der Waals surface area contributed by atoms with Crippen LogP contribution in [0.2, 0.25) is 0 Å². The molecule has 0 aromatic rings. The van der Waals surface area contributed by atoms with E-state index in [1.807, 2.05) is 6.92 Å². The van der Waals surface area contributed by atoms with Crippen LogP contribution in [0.1, 0.15) is 99.8 Å². The van der Waals surface area contributed by atoms with E-state index >= 15 is 0 Å². The van der Waals surface area contributed by atoms with Crippen molar-refractivity contribution >= 4 is 0 Å². The lowest BCUT2D eigenvalue weighted by atomic mass is 9.32. The molecule has 9 aliphatic rings. The summed E-state index contributed by atoms with van der Waals surface area (Å²) in [6.07, 6.45) is -13.1. The van der Waals surface area contributed by atoms with Gasteiger partial charge in [0.25, 0.3) is 0 Å². The Labute approximate surface area is 387 Å². The van der Waals surface area contributed by atoms with E-state index in [1.165, 1.54) is 6.92 Å². The number of ether oxygens (including phenoxy) is 7. The molecular weight excluding hydrogens is 865 g/mol. The van der Waals surface area contributed by atoms with E-state index < -0.39 is 129 Å². The van der Waals surface area contributed by atoms with Gasteiger partial charge in [-0.05, 0) is 86.4 Å². The monoisotopic (exact) mass is 943 g/mol. The summed E-state index contributed by atoms with van der Waals surface area (Å²) in [5, 5.41) is 120. The van der Waals surface area contributed by atoms with Crippen LogP contribution in [0.15, 0.2) is 12.2 Å². The second-order valence-corrected chi connectivity index (χ2v) is 23.8. The van der Waals surface area contributed by atoms with E-state index in [4.69, 9.17) is 33.2 Å². The molecule has 0 aromatic carbocycles. The average Bonchev–Trinajstić information content (AvgIpc) is 3.55. The summed E-state index contributed by atoms with van der Waals surface area (Å²) in [5.74, 6) is 0.278. The van der Waals surface area contributed by atoms with Crippen LogP contribution in [0.5, 0.6) is 0 Å². The zero-order chi connectivity index (χ0) is 47.9. The van der Waals surface area contributed by atoms with Crippen molar-refractivity contribution in [1.82, 2.24) is 0 Å². The lowest BCUT2D eigenvalue weighted by Crippen LogP contribution is -2.72. The van der Waals surface area contributed by atoms with Gasteiger partial charge in [-0.25, -0.2) is 0 Å². The fraction of sp³-hybridized carbons (Fsp3) is 0.958. The second-order valence-electron chi connectivity index (χ2n) is 23.8. The quantitative estimate of drug-likeness (QED) is 0.104. The van der Waals surface area contributed by atoms with Gasteiger partial charge in [-0.3, -0.25) is 0 Å². The normalized spacial score (nSPS) is 58.8. The molecule has 5 aliphatic carbocycles. The van der Waals surface area contributed by atoms with Crippen molar-refractivity contribution < 1.29 is 89.3 Å². The Morgan fingerprint density at radius 3 is 1.97 bits per heavy atom. The Kier molecular flexibility index (Phi) is 12.9. The van der Waals surface area contributed by atoms with E-state index in [0.29, 0.717) is 19.4 Å². The molecule has 11 N–H and O–H groups in total. The molecule has 0 radical (unpaired) electrons. The molecule has 66 heavy (non-hydrogen) atoms. The Balaban J connectivity index is 0.888. The molecule has 1 spiro atoms. The highest BCUT2D eigenvalue weighted by Gasteiger charge is 2.79. The molecule has 18 nitrogen and oxygen atoms in total. The van der Waals surface area contributed by atoms with E-state index in [9.17, 15) is 56.2 Å². The van der Waals surface area contributed by atoms with E-state index in [0.717, 1.165) is 38.5 Å². The molecule has 9 rings (SSSR count). The van der Waals surface area contributed by atoms with E-state index in [-0.39, 0.29) is 51.4 Å². The fourth-order valence-electron chi connectivity index (χ4n) is 15.7. The van der Waals surface area contributed by atoms with Crippen LogP contribution in [0.3, 0.4) is 0 Å². The summed E-state index contributed by atoms with van der Waals surface area (Å²) in [5.41, 5.74) is -2.27. The van der Waals surface area contributed by atoms with Gasteiger partial charge >= 0.3 is 0 Å². The van der Waals surface area contributed by atoms with Gasteiger partial charge in [0.15, 0.2) is 18.9 Å². The molecule has 0 amide bonds. The van der Waals surface area contributed by atoms with Gasteiger partial charge in [0.05, 0.1) is 50.3 Å². The molecule has 378 valence electrons. The highest BCUT2D eigenvalue weighted by atomic mass is 16.8. The molecule has 26 atom stereocenters. The lowest BCUT2D eigenvalue weighted by molar-refractivity contribution is -0.365. The summed E-state index contributed by atoms with van der Waals surface area (Å²) < 4.78 is 42.5. The Hall–Kier alpha value is -0.980. The van der Waals surface area contributed by atoms with Gasteiger partial charge in [-0.15, -0.1) is 0 Å². The van der Waals surface area contributed by atoms with Crippen LogP contribution in [-0.4, -0.2) is 193 Å². The number of allylic oxidation sites excluding steroid dienone is 1. The van der Waals surface area contributed by atoms with Gasteiger partial charge in [0, 0.05) is 22.2 Å². The zero-order valence-electron chi connectivity index (χ0n) is 39.5. The molecule has 2 bridgehead atoms. The summed E-state index contributed by atoms with van der Waals surface area (Å²) in [4.78, 5) is 0. The first-order chi connectivity index (χ1) is 30.9. The molecule has 9 unspecified atom stereocenters. The lowest BCUT2D eigenvalue weighted by Gasteiger charge is -2.73. The van der Waals surface area contributed by atoms with Crippen molar-refractivity contribution in [3.8, 4) is 0 Å². The first-order valence-electron chi connectivity index (χ1n) is 24.5. The number of hydrogen-bond acceptors (Lipinski definition) is 18. The number of aliphatic hydroxyl groups is 11. The maximum Gasteiger partial charge on any atom is 0.187 e. The summed E-state index contributed by atoms with van der Waals surface area (Å²) in [6, 6.07) is 0. The standard InChI is InChI=1S/C48H78O18/c1-22-30(52)32(54)35(57)40(62-22)66-38-23(18-49)63-39(37(59)34(38)56)60-19-24-31(53)33(55)36(58)41(64-24)65-29-10-11-43(4)25(44(29,5)20-50)8-12-45(6)26(43)9-13-48-27-16-42(2,3)14-15-47(27,21-61-48)28(51)17-46(45,48)7/h9,13,22-41,49-59H,8,10-12,14-21H2,1-7H3/t22-,23+,24+,25?,26?,27?,28-,29-,30-,31+,32+,33-,34+,35+,36?,37+,38+,39+,40+,41-,43?,44-,45?,46?,47?,48?/m0/s1. The van der Waals surface area contributed by atoms with E-state index in [2.05, 4.69) is 46.8 Å². The Morgan fingerprint density at radius 2 is 1.29 bits per heavy atom. The summed E-state index contributed by atoms with van der Waals surface area (Å²) in [6.45, 7) is 14.3. The average molecular weight is 943 g/mol. The van der Waals surface area contributed by atoms with E-state index in [1.54, 1.807) is 0 Å². The number of hydrogen-bond donors (Lipinski definition) is 11. The maximum atomic E-state index is 12.2. The number of aliphatic hydroxyl groups excluding tert-OH is 11. The zero-order valence-corrected chi connectivity index (χ0v) is 39.5. The van der Waals surface area contributed by atoms with Crippen LogP contribution >= 0.6 is 0 Å². The molecule has 8 fully saturated rings. The number of fused-ring (bicyclic) bond motifs is 4. The highest BCUT2D eigenvalue weighted by Crippen LogP contribution is 2.79. The SMILES string of the molecule is C[C@@H]1O[C@H](O[C@H]2[C@H](O)[C@@H](O)[C@H](OC[C@H]3O[C@@H](O[C@H]4CCC5(C)C6C=CC78OCC9(CCC(C)(C)CC97)[C@@H](O)CC8(C)C6(C)CCC5[C@]4(C)CO)C(O)[C@@H](O)[C@@H]3O)O[C@@H]2CO)[C@H](O)[C@H](O)[C@H]1O. The minimum absolute atomic E-state index is 0.0353. The first kappa shape index (κ1) is 50.0. The molecule has 4 saturated carbocycles. The van der Waals surface area contributed by atoms with Gasteiger partial charge < -0.3 is 89.3 Å². The Morgan fingerprint density at radius 1 is 0.636 bits per heavy atom. The maximum absolute atomic E-state index is 12.2. The van der Waals surface area contributed by atoms with Crippen LogP contribution in [0.4, 0.5) is 0 Å². The fourth-order valence-corrected chi connectivity index (χ4v) is 15.7. The third-order valence-corrected chi connectivity index (χ3v) is 20.0. The van der Waals surface area contributed by atoms with Crippen molar-refractivity contribution in [2.24, 2.45) is 50.2 Å². The third kappa shape index (κ3) is 7.08. The molecular formula is C48H78O18. The van der Waals surface area contributed by atoms with Crippen LogP contribution in [-0.2, 0) is 33.2 Å². The predicted octanol–water partition coefficient (Wildman–Crippen LogP) is -0.399. The Bertz CT molecular complexity index is 1800. The minimum atomic E-state index is -1.82. The minimum Gasteiger partial charge on any atom is -0.396 e. The smallest absolute Gasteiger partial charge is 0.187 e. The van der Waals surface area contributed by atoms with Crippen LogP contribution in [0, 0.1) is 50.2 Å². The van der Waals surface area contributed by atoms with Crippen molar-refractivity contribution in [1.29, 1.82) is 0 Å². The van der Waals surface area contributed by atoms with Gasteiger partial charge in [0.1, 0.15) is 67.1 Å². The van der Waals surface area contributed by atoms with Crippen molar-refractivity contribution in [3.63, 3.8) is 0 Å². The van der Waals surface area contributed by atoms with Gasteiger partial charge in [0.2, 0.25) is 0 Å². The van der Waals surface area contributed by atoms with Crippen LogP contribution in [0.25, 0.3) is 0 Å². The highest BCUT2D eigenvalue weighted by molar-refractivity contribution is 5.36. The summed E-state index contributed by atoms with van der Waals surface area (Å²) in [7, 11) is 0. The topological polar surface area (TPSA) is 287 Å². The predicted molar refractivity (Wildman–Crippen MR) is 229 cm³/mol. The third-order valence-electron chi connectivity index (χ3n) is 20.0. The molecule has 4 aliphatic heterocycles. The van der Waals surface area contributed by atoms with Crippen LogP contribution < -0.4 is 0 Å². The number of rotatable bonds is 9.